The second-order valence-corrected chi connectivity index (χ2v) is 11.7. The van der Waals surface area contributed by atoms with Gasteiger partial charge in [-0.1, -0.05) is 52.2 Å². The standard InChI is InChI=1S/C33H45N3O6/c1-5-8-17-36-30(38)28(29(37)24(6-2)7-3)34-32(41)33(36)15-18-35(19-16-33)21-23-9-11-25(12-10-23)42-26-13-14-27(31(39)40)22(4)20-26/h9-14,20,24,28-29,37H,5-8,15-19,21H2,1-4H3,(H,34,41)(H,39,40)/t28-,29-/m1/s1. The van der Waals surface area contributed by atoms with Crippen LogP contribution in [-0.2, 0) is 16.1 Å². The van der Waals surface area contributed by atoms with Gasteiger partial charge in [-0.15, -0.1) is 0 Å². The van der Waals surface area contributed by atoms with E-state index in [1.54, 1.807) is 30.0 Å². The summed E-state index contributed by atoms with van der Waals surface area (Å²) in [7, 11) is 0. The fraction of sp³-hybridized carbons (Fsp3) is 0.545. The number of carboxylic acids is 1. The van der Waals surface area contributed by atoms with Gasteiger partial charge < -0.3 is 25.2 Å². The number of hydrogen-bond acceptors (Lipinski definition) is 6. The van der Waals surface area contributed by atoms with E-state index in [9.17, 15) is 24.6 Å². The summed E-state index contributed by atoms with van der Waals surface area (Å²) in [5.41, 5.74) is 1.12. The molecule has 2 atom stereocenters. The van der Waals surface area contributed by atoms with Crippen molar-refractivity contribution in [2.24, 2.45) is 5.92 Å². The summed E-state index contributed by atoms with van der Waals surface area (Å²) in [6.45, 7) is 10.4. The fourth-order valence-electron chi connectivity index (χ4n) is 6.33. The van der Waals surface area contributed by atoms with E-state index in [-0.39, 0.29) is 23.3 Å². The van der Waals surface area contributed by atoms with Crippen LogP contribution >= 0.6 is 0 Å². The highest BCUT2D eigenvalue weighted by atomic mass is 16.5. The number of aromatic carboxylic acids is 1. The zero-order valence-electron chi connectivity index (χ0n) is 25.3. The molecule has 3 N–H and O–H groups in total. The number of unbranched alkanes of at least 4 members (excludes halogenated alkanes) is 1. The fourth-order valence-corrected chi connectivity index (χ4v) is 6.33. The van der Waals surface area contributed by atoms with Gasteiger partial charge in [0.2, 0.25) is 11.8 Å². The SMILES string of the molecule is CCCCN1C(=O)[C@@H]([C@H](O)C(CC)CC)NC(=O)C12CCN(Cc1ccc(Oc3ccc(C(=O)O)c(C)c3)cc1)CC2. The summed E-state index contributed by atoms with van der Waals surface area (Å²) >= 11 is 0. The average molecular weight is 580 g/mol. The van der Waals surface area contributed by atoms with Crippen LogP contribution in [0.5, 0.6) is 11.5 Å². The van der Waals surface area contributed by atoms with Crippen LogP contribution in [0.4, 0.5) is 0 Å². The predicted molar refractivity (Wildman–Crippen MR) is 161 cm³/mol. The van der Waals surface area contributed by atoms with Crippen LogP contribution in [0.15, 0.2) is 42.5 Å². The van der Waals surface area contributed by atoms with Gasteiger partial charge >= 0.3 is 5.97 Å². The van der Waals surface area contributed by atoms with E-state index in [0.29, 0.717) is 56.1 Å². The molecule has 0 aromatic heterocycles. The first-order valence-electron chi connectivity index (χ1n) is 15.3. The molecule has 0 saturated carbocycles. The number of nitrogens with one attached hydrogen (secondary N) is 1. The summed E-state index contributed by atoms with van der Waals surface area (Å²) in [6, 6.07) is 11.8. The Morgan fingerprint density at radius 1 is 1.05 bits per heavy atom. The van der Waals surface area contributed by atoms with E-state index in [0.717, 1.165) is 31.2 Å². The first kappa shape index (κ1) is 31.5. The summed E-state index contributed by atoms with van der Waals surface area (Å²) < 4.78 is 5.93. The molecule has 4 rings (SSSR count). The summed E-state index contributed by atoms with van der Waals surface area (Å²) in [4.78, 5) is 42.7. The number of amides is 2. The Hall–Kier alpha value is -3.43. The van der Waals surface area contributed by atoms with Crippen LogP contribution in [0.1, 0.15) is 80.8 Å². The molecule has 0 bridgehead atoms. The van der Waals surface area contributed by atoms with Crippen molar-refractivity contribution in [3.8, 4) is 11.5 Å². The van der Waals surface area contributed by atoms with Crippen molar-refractivity contribution in [2.75, 3.05) is 19.6 Å². The van der Waals surface area contributed by atoms with Crippen molar-refractivity contribution in [3.05, 3.63) is 59.2 Å². The van der Waals surface area contributed by atoms with Gasteiger partial charge in [0.05, 0.1) is 11.7 Å². The lowest BCUT2D eigenvalue weighted by molar-refractivity contribution is -0.165. The zero-order chi connectivity index (χ0) is 30.4. The number of hydrogen-bond donors (Lipinski definition) is 3. The number of likely N-dealkylation sites (tertiary alicyclic amines) is 1. The third-order valence-corrected chi connectivity index (χ3v) is 9.04. The minimum Gasteiger partial charge on any atom is -0.478 e. The molecule has 2 saturated heterocycles. The molecule has 42 heavy (non-hydrogen) atoms. The van der Waals surface area contributed by atoms with E-state index in [4.69, 9.17) is 4.74 Å². The quantitative estimate of drug-likeness (QED) is 0.332. The van der Waals surface area contributed by atoms with Crippen molar-refractivity contribution >= 4 is 17.8 Å². The van der Waals surface area contributed by atoms with Gasteiger partial charge in [0, 0.05) is 26.2 Å². The second kappa shape index (κ2) is 13.7. The van der Waals surface area contributed by atoms with Crippen LogP contribution in [0.25, 0.3) is 0 Å². The van der Waals surface area contributed by atoms with E-state index in [1.165, 1.54) is 0 Å². The molecule has 2 fully saturated rings. The number of piperidine rings is 1. The highest BCUT2D eigenvalue weighted by molar-refractivity contribution is 6.00. The third-order valence-electron chi connectivity index (χ3n) is 9.04. The Morgan fingerprint density at radius 3 is 2.26 bits per heavy atom. The summed E-state index contributed by atoms with van der Waals surface area (Å²) in [5, 5.41) is 23.2. The number of carbonyl (C=O) groups is 3. The molecule has 0 aliphatic carbocycles. The number of rotatable bonds is 12. The zero-order valence-corrected chi connectivity index (χ0v) is 25.3. The Kier molecular flexibility index (Phi) is 10.3. The maximum absolute atomic E-state index is 13.7. The molecular formula is C33H45N3O6. The van der Waals surface area contributed by atoms with Gasteiger partial charge in [0.1, 0.15) is 23.1 Å². The van der Waals surface area contributed by atoms with Gasteiger partial charge in [-0.05, 0) is 73.6 Å². The van der Waals surface area contributed by atoms with Crippen LogP contribution in [-0.4, -0.2) is 75.1 Å². The normalized spacial score (nSPS) is 19.7. The first-order valence-corrected chi connectivity index (χ1v) is 15.3. The largest absolute Gasteiger partial charge is 0.478 e. The minimum atomic E-state index is -0.962. The number of aliphatic hydroxyl groups is 1. The lowest BCUT2D eigenvalue weighted by Crippen LogP contribution is -2.75. The molecule has 0 unspecified atom stereocenters. The smallest absolute Gasteiger partial charge is 0.335 e. The molecule has 2 aliphatic rings. The number of benzene rings is 2. The molecule has 228 valence electrons. The number of aryl methyl sites for hydroxylation is 1. The number of ether oxygens (including phenoxy) is 1. The van der Waals surface area contributed by atoms with Crippen LogP contribution in [0.2, 0.25) is 0 Å². The summed E-state index contributed by atoms with van der Waals surface area (Å²) in [5.74, 6) is -0.0552. The predicted octanol–water partition coefficient (Wildman–Crippen LogP) is 4.74. The van der Waals surface area contributed by atoms with Crippen molar-refractivity contribution < 1.29 is 29.3 Å². The Balaban J connectivity index is 1.39. The van der Waals surface area contributed by atoms with Crippen LogP contribution in [0, 0.1) is 12.8 Å². The Morgan fingerprint density at radius 2 is 1.69 bits per heavy atom. The van der Waals surface area contributed by atoms with Gasteiger partial charge in [0.25, 0.3) is 0 Å². The maximum atomic E-state index is 13.7. The molecule has 2 aromatic rings. The molecule has 1 spiro atoms. The maximum Gasteiger partial charge on any atom is 0.335 e. The van der Waals surface area contributed by atoms with Gasteiger partial charge in [-0.2, -0.15) is 0 Å². The lowest BCUT2D eigenvalue weighted by atomic mass is 9.79. The number of aliphatic hydroxyl groups excluding tert-OH is 1. The van der Waals surface area contributed by atoms with Gasteiger partial charge in [-0.3, -0.25) is 14.5 Å². The number of piperazine rings is 1. The van der Waals surface area contributed by atoms with E-state index < -0.39 is 23.7 Å². The second-order valence-electron chi connectivity index (χ2n) is 11.7. The van der Waals surface area contributed by atoms with Crippen molar-refractivity contribution in [2.45, 2.75) is 90.4 Å². The van der Waals surface area contributed by atoms with Gasteiger partial charge in [-0.25, -0.2) is 4.79 Å². The topological polar surface area (TPSA) is 119 Å². The van der Waals surface area contributed by atoms with Crippen molar-refractivity contribution in [3.63, 3.8) is 0 Å². The monoisotopic (exact) mass is 579 g/mol. The third kappa shape index (κ3) is 6.63. The molecule has 9 heteroatoms. The van der Waals surface area contributed by atoms with Crippen molar-refractivity contribution in [1.29, 1.82) is 0 Å². The molecule has 2 aromatic carbocycles. The molecule has 2 heterocycles. The first-order chi connectivity index (χ1) is 20.1. The van der Waals surface area contributed by atoms with Crippen LogP contribution < -0.4 is 10.1 Å². The molecule has 9 nitrogen and oxygen atoms in total. The molecule has 2 aliphatic heterocycles. The van der Waals surface area contributed by atoms with E-state index in [1.807, 2.05) is 38.1 Å². The summed E-state index contributed by atoms with van der Waals surface area (Å²) in [6.07, 6.45) is 3.44. The molecular weight excluding hydrogens is 534 g/mol. The highest BCUT2D eigenvalue weighted by Gasteiger charge is 2.55. The van der Waals surface area contributed by atoms with Crippen molar-refractivity contribution in [1.82, 2.24) is 15.1 Å². The van der Waals surface area contributed by atoms with Crippen LogP contribution in [0.3, 0.4) is 0 Å². The Labute approximate surface area is 248 Å². The number of carbonyl (C=O) groups excluding carboxylic acids is 2. The average Bonchev–Trinajstić information content (AvgIpc) is 2.97. The number of carboxylic acid groups (broad SMARTS) is 1. The lowest BCUT2D eigenvalue weighted by Gasteiger charge is -2.52. The van der Waals surface area contributed by atoms with E-state index >= 15 is 0 Å². The Bertz CT molecular complexity index is 1250. The number of nitrogens with zero attached hydrogens (tertiary/aromatic N) is 2. The molecule has 0 radical (unpaired) electrons. The van der Waals surface area contributed by atoms with Gasteiger partial charge in [0.15, 0.2) is 0 Å². The van der Waals surface area contributed by atoms with E-state index in [2.05, 4.69) is 17.1 Å². The highest BCUT2D eigenvalue weighted by Crippen LogP contribution is 2.35. The minimum absolute atomic E-state index is 0.0402. The molecule has 2 amide bonds.